The summed E-state index contributed by atoms with van der Waals surface area (Å²) >= 11 is 11.4. The number of nitrogens with zero attached hydrogens (tertiary/aromatic N) is 1. The van der Waals surface area contributed by atoms with Gasteiger partial charge in [-0.3, -0.25) is 0 Å². The molecule has 0 bridgehead atoms. The van der Waals surface area contributed by atoms with Crippen molar-refractivity contribution < 1.29 is 4.39 Å². The second kappa shape index (κ2) is 3.13. The van der Waals surface area contributed by atoms with Crippen LogP contribution in [0.5, 0.6) is 0 Å². The molecule has 0 fully saturated rings. The fraction of sp³-hybridized carbons (Fsp3) is 0. The van der Waals surface area contributed by atoms with Crippen LogP contribution in [0.1, 0.15) is 0 Å². The Morgan fingerprint density at radius 1 is 1.23 bits per heavy atom. The number of rotatable bonds is 0. The molecule has 0 saturated carbocycles. The van der Waals surface area contributed by atoms with Crippen LogP contribution in [0.4, 0.5) is 4.39 Å². The molecule has 0 N–H and O–H groups in total. The summed E-state index contributed by atoms with van der Waals surface area (Å²) in [6, 6.07) is 6.25. The number of pyridine rings is 1. The third-order valence-electron chi connectivity index (χ3n) is 1.73. The van der Waals surface area contributed by atoms with Crippen LogP contribution in [0, 0.1) is 5.82 Å². The number of halogens is 3. The summed E-state index contributed by atoms with van der Waals surface area (Å²) in [4.78, 5) is 3.75. The minimum atomic E-state index is -0.383. The molecule has 1 aromatic heterocycles. The SMILES string of the molecule is Fc1cccc2cc(Cl)nc(Cl)c12. The lowest BCUT2D eigenvalue weighted by Crippen LogP contribution is -1.84. The largest absolute Gasteiger partial charge is 0.224 e. The number of hydrogen-bond donors (Lipinski definition) is 0. The van der Waals surface area contributed by atoms with E-state index in [1.54, 1.807) is 18.2 Å². The highest BCUT2D eigenvalue weighted by Gasteiger charge is 2.06. The average molecular weight is 216 g/mol. The molecule has 2 aromatic rings. The molecule has 0 saturated heterocycles. The van der Waals surface area contributed by atoms with Crippen molar-refractivity contribution in [2.75, 3.05) is 0 Å². The van der Waals surface area contributed by atoms with Gasteiger partial charge in [0.2, 0.25) is 0 Å². The van der Waals surface area contributed by atoms with Crippen molar-refractivity contribution in [1.82, 2.24) is 4.98 Å². The number of aromatic nitrogens is 1. The molecule has 1 heterocycles. The summed E-state index contributed by atoms with van der Waals surface area (Å²) in [5, 5.41) is 1.34. The Balaban J connectivity index is 2.94. The first kappa shape index (κ1) is 8.73. The molecule has 0 radical (unpaired) electrons. The molecular formula is C9H4Cl2FN. The zero-order valence-electron chi connectivity index (χ0n) is 6.39. The second-order valence-corrected chi connectivity index (χ2v) is 3.32. The lowest BCUT2D eigenvalue weighted by atomic mass is 10.2. The summed E-state index contributed by atoms with van der Waals surface area (Å²) in [6.07, 6.45) is 0. The van der Waals surface area contributed by atoms with Crippen LogP contribution in [0.3, 0.4) is 0 Å². The van der Waals surface area contributed by atoms with Crippen LogP contribution in [-0.4, -0.2) is 4.98 Å². The molecule has 1 aromatic carbocycles. The van der Waals surface area contributed by atoms with E-state index in [4.69, 9.17) is 23.2 Å². The quantitative estimate of drug-likeness (QED) is 0.612. The molecule has 13 heavy (non-hydrogen) atoms. The zero-order valence-corrected chi connectivity index (χ0v) is 7.90. The fourth-order valence-corrected chi connectivity index (χ4v) is 1.72. The lowest BCUT2D eigenvalue weighted by molar-refractivity contribution is 0.639. The minimum absolute atomic E-state index is 0.0978. The van der Waals surface area contributed by atoms with Crippen LogP contribution in [0.15, 0.2) is 24.3 Å². The fourth-order valence-electron chi connectivity index (χ4n) is 1.19. The van der Waals surface area contributed by atoms with E-state index in [0.717, 1.165) is 0 Å². The topological polar surface area (TPSA) is 12.9 Å². The molecule has 0 amide bonds. The van der Waals surface area contributed by atoms with E-state index in [2.05, 4.69) is 4.98 Å². The Hall–Kier alpha value is -0.860. The van der Waals surface area contributed by atoms with Crippen molar-refractivity contribution in [2.24, 2.45) is 0 Å². The van der Waals surface area contributed by atoms with Gasteiger partial charge in [0.1, 0.15) is 16.1 Å². The molecule has 0 spiro atoms. The van der Waals surface area contributed by atoms with Crippen LogP contribution >= 0.6 is 23.2 Å². The van der Waals surface area contributed by atoms with Gasteiger partial charge >= 0.3 is 0 Å². The smallest absolute Gasteiger partial charge is 0.141 e. The summed E-state index contributed by atoms with van der Waals surface area (Å²) < 4.78 is 13.2. The van der Waals surface area contributed by atoms with Crippen molar-refractivity contribution in [1.29, 1.82) is 0 Å². The predicted molar refractivity (Wildman–Crippen MR) is 51.7 cm³/mol. The normalized spacial score (nSPS) is 10.7. The van der Waals surface area contributed by atoms with E-state index < -0.39 is 0 Å². The molecule has 0 aliphatic carbocycles. The van der Waals surface area contributed by atoms with E-state index in [1.165, 1.54) is 6.07 Å². The summed E-state index contributed by atoms with van der Waals surface area (Å²) in [5.74, 6) is -0.383. The van der Waals surface area contributed by atoms with Gasteiger partial charge in [-0.2, -0.15) is 0 Å². The number of benzene rings is 1. The van der Waals surface area contributed by atoms with Crippen LogP contribution < -0.4 is 0 Å². The molecule has 2 rings (SSSR count). The van der Waals surface area contributed by atoms with Gasteiger partial charge in [-0.1, -0.05) is 35.3 Å². The Labute approximate surface area is 84.1 Å². The van der Waals surface area contributed by atoms with Gasteiger partial charge in [0, 0.05) is 0 Å². The summed E-state index contributed by atoms with van der Waals surface area (Å²) in [6.45, 7) is 0. The highest BCUT2D eigenvalue weighted by Crippen LogP contribution is 2.26. The van der Waals surface area contributed by atoms with Gasteiger partial charge in [-0.15, -0.1) is 0 Å². The Bertz CT molecular complexity index is 470. The minimum Gasteiger partial charge on any atom is -0.224 e. The molecular weight excluding hydrogens is 212 g/mol. The molecule has 4 heteroatoms. The molecule has 0 atom stereocenters. The maximum atomic E-state index is 13.2. The zero-order chi connectivity index (χ0) is 9.42. The van der Waals surface area contributed by atoms with Crippen molar-refractivity contribution in [2.45, 2.75) is 0 Å². The summed E-state index contributed by atoms with van der Waals surface area (Å²) in [5.41, 5.74) is 0. The van der Waals surface area contributed by atoms with E-state index in [9.17, 15) is 4.39 Å². The van der Waals surface area contributed by atoms with E-state index in [0.29, 0.717) is 10.8 Å². The third-order valence-corrected chi connectivity index (χ3v) is 2.20. The van der Waals surface area contributed by atoms with Crippen molar-refractivity contribution in [3.05, 3.63) is 40.4 Å². The maximum Gasteiger partial charge on any atom is 0.141 e. The first-order chi connectivity index (χ1) is 6.18. The maximum absolute atomic E-state index is 13.2. The first-order valence-corrected chi connectivity index (χ1v) is 4.34. The van der Waals surface area contributed by atoms with Crippen LogP contribution in [0.25, 0.3) is 10.8 Å². The van der Waals surface area contributed by atoms with Gasteiger partial charge in [-0.25, -0.2) is 9.37 Å². The van der Waals surface area contributed by atoms with Crippen molar-refractivity contribution in [3.8, 4) is 0 Å². The van der Waals surface area contributed by atoms with Crippen LogP contribution in [0.2, 0.25) is 10.3 Å². The number of fused-ring (bicyclic) bond motifs is 1. The standard InChI is InChI=1S/C9H4Cl2FN/c10-7-4-5-2-1-3-6(12)8(5)9(11)13-7/h1-4H. The average Bonchev–Trinajstić information content (AvgIpc) is 2.02. The summed E-state index contributed by atoms with van der Waals surface area (Å²) in [7, 11) is 0. The third kappa shape index (κ3) is 1.47. The van der Waals surface area contributed by atoms with Crippen molar-refractivity contribution >= 4 is 34.0 Å². The monoisotopic (exact) mass is 215 g/mol. The highest BCUT2D eigenvalue weighted by atomic mass is 35.5. The molecule has 1 nitrogen and oxygen atoms in total. The van der Waals surface area contributed by atoms with Gasteiger partial charge in [0.05, 0.1) is 5.39 Å². The Morgan fingerprint density at radius 2 is 2.00 bits per heavy atom. The van der Waals surface area contributed by atoms with E-state index in [-0.39, 0.29) is 16.1 Å². The highest BCUT2D eigenvalue weighted by molar-refractivity contribution is 6.36. The van der Waals surface area contributed by atoms with Gasteiger partial charge in [-0.05, 0) is 17.5 Å². The van der Waals surface area contributed by atoms with Crippen LogP contribution in [-0.2, 0) is 0 Å². The number of hydrogen-bond acceptors (Lipinski definition) is 1. The van der Waals surface area contributed by atoms with Gasteiger partial charge in [0.25, 0.3) is 0 Å². The van der Waals surface area contributed by atoms with E-state index in [1.807, 2.05) is 0 Å². The predicted octanol–water partition coefficient (Wildman–Crippen LogP) is 3.68. The lowest BCUT2D eigenvalue weighted by Gasteiger charge is -2.01. The molecule has 0 unspecified atom stereocenters. The first-order valence-electron chi connectivity index (χ1n) is 3.59. The van der Waals surface area contributed by atoms with Gasteiger partial charge in [0.15, 0.2) is 0 Å². The Morgan fingerprint density at radius 3 is 2.77 bits per heavy atom. The van der Waals surface area contributed by atoms with Crippen molar-refractivity contribution in [3.63, 3.8) is 0 Å². The van der Waals surface area contributed by atoms with E-state index >= 15 is 0 Å². The second-order valence-electron chi connectivity index (χ2n) is 2.57. The molecule has 66 valence electrons. The molecule has 0 aliphatic rings. The van der Waals surface area contributed by atoms with Gasteiger partial charge < -0.3 is 0 Å². The molecule has 0 aliphatic heterocycles. The Kier molecular flexibility index (Phi) is 2.10.